The van der Waals surface area contributed by atoms with Gasteiger partial charge in [-0.3, -0.25) is 4.79 Å². The predicted molar refractivity (Wildman–Crippen MR) is 102 cm³/mol. The van der Waals surface area contributed by atoms with E-state index in [-0.39, 0.29) is 18.6 Å². The van der Waals surface area contributed by atoms with Crippen LogP contribution in [0.3, 0.4) is 0 Å². The normalized spacial score (nSPS) is 17.9. The summed E-state index contributed by atoms with van der Waals surface area (Å²) in [6.07, 6.45) is 5.49. The maximum absolute atomic E-state index is 12.3. The molecule has 1 aromatic rings. The van der Waals surface area contributed by atoms with Gasteiger partial charge in [-0.1, -0.05) is 6.07 Å². The van der Waals surface area contributed by atoms with Gasteiger partial charge in [-0.2, -0.15) is 0 Å². The van der Waals surface area contributed by atoms with Crippen molar-refractivity contribution in [3.63, 3.8) is 0 Å². The molecule has 1 aromatic carbocycles. The van der Waals surface area contributed by atoms with Crippen LogP contribution in [0.2, 0.25) is 0 Å². The summed E-state index contributed by atoms with van der Waals surface area (Å²) >= 11 is 0. The Labute approximate surface area is 160 Å². The molecule has 0 saturated heterocycles. The monoisotopic (exact) mass is 373 g/mol. The lowest BCUT2D eigenvalue weighted by Gasteiger charge is -2.23. The Kier molecular flexibility index (Phi) is 5.44. The Hall–Kier alpha value is -2.50. The van der Waals surface area contributed by atoms with E-state index in [4.69, 9.17) is 14.2 Å². The molecule has 0 N–H and O–H groups in total. The maximum Gasteiger partial charge on any atom is 0.417 e. The van der Waals surface area contributed by atoms with E-state index in [1.807, 2.05) is 18.2 Å². The quantitative estimate of drug-likeness (QED) is 0.792. The Morgan fingerprint density at radius 3 is 2.48 bits per heavy atom. The number of nitrogens with zero attached hydrogens (tertiary/aromatic N) is 1. The molecule has 2 amide bonds. The lowest BCUT2D eigenvalue weighted by molar-refractivity contribution is -0.123. The third-order valence-corrected chi connectivity index (χ3v) is 4.64. The third-order valence-electron chi connectivity index (χ3n) is 4.64. The Morgan fingerprint density at radius 2 is 1.85 bits per heavy atom. The Morgan fingerprint density at radius 1 is 1.15 bits per heavy atom. The molecular weight excluding hydrogens is 346 g/mol. The van der Waals surface area contributed by atoms with Crippen molar-refractivity contribution in [3.8, 4) is 11.5 Å². The van der Waals surface area contributed by atoms with E-state index in [0.29, 0.717) is 11.5 Å². The second-order valence-corrected chi connectivity index (χ2v) is 7.96. The van der Waals surface area contributed by atoms with Gasteiger partial charge >= 0.3 is 6.09 Å². The van der Waals surface area contributed by atoms with Crippen LogP contribution >= 0.6 is 0 Å². The molecule has 0 atom stereocenters. The topological polar surface area (TPSA) is 65.1 Å². The Balaban J connectivity index is 1.77. The molecular formula is C21H27NO5. The van der Waals surface area contributed by atoms with Crippen molar-refractivity contribution in [1.82, 2.24) is 4.90 Å². The second kappa shape index (κ2) is 7.62. The molecule has 1 heterocycles. The summed E-state index contributed by atoms with van der Waals surface area (Å²) in [7, 11) is 1.61. The fourth-order valence-electron chi connectivity index (χ4n) is 3.32. The lowest BCUT2D eigenvalue weighted by atomic mass is 10.1. The third kappa shape index (κ3) is 4.62. The smallest absolute Gasteiger partial charge is 0.417 e. The largest absolute Gasteiger partial charge is 0.493 e. The Bertz CT molecular complexity index is 756. The highest BCUT2D eigenvalue weighted by molar-refractivity contribution is 6.08. The summed E-state index contributed by atoms with van der Waals surface area (Å²) in [6, 6.07) is 5.59. The molecule has 0 bridgehead atoms. The van der Waals surface area contributed by atoms with Crippen LogP contribution in [0.4, 0.5) is 4.79 Å². The summed E-state index contributed by atoms with van der Waals surface area (Å²) in [4.78, 5) is 25.6. The van der Waals surface area contributed by atoms with Crippen molar-refractivity contribution in [1.29, 1.82) is 0 Å². The van der Waals surface area contributed by atoms with Crippen molar-refractivity contribution in [2.45, 2.75) is 58.2 Å². The lowest BCUT2D eigenvalue weighted by Crippen LogP contribution is -2.38. The molecule has 1 saturated carbocycles. The number of imide groups is 1. The number of hydrogen-bond donors (Lipinski definition) is 0. The molecule has 1 aliphatic carbocycles. The molecule has 0 unspecified atom stereocenters. The zero-order chi connectivity index (χ0) is 19.6. The summed E-state index contributed by atoms with van der Waals surface area (Å²) in [5.41, 5.74) is 0.940. The van der Waals surface area contributed by atoms with Gasteiger partial charge in [0.1, 0.15) is 5.60 Å². The van der Waals surface area contributed by atoms with Crippen molar-refractivity contribution >= 4 is 17.6 Å². The van der Waals surface area contributed by atoms with Crippen molar-refractivity contribution in [2.24, 2.45) is 0 Å². The highest BCUT2D eigenvalue weighted by Crippen LogP contribution is 2.35. The van der Waals surface area contributed by atoms with E-state index >= 15 is 0 Å². The minimum atomic E-state index is -0.650. The fourth-order valence-corrected chi connectivity index (χ4v) is 3.32. The maximum atomic E-state index is 12.3. The van der Waals surface area contributed by atoms with Gasteiger partial charge in [0.2, 0.25) is 0 Å². The number of amides is 2. The molecule has 6 nitrogen and oxygen atoms in total. The summed E-state index contributed by atoms with van der Waals surface area (Å²) < 4.78 is 16.8. The first-order valence-corrected chi connectivity index (χ1v) is 9.37. The highest BCUT2D eigenvalue weighted by Gasteiger charge is 2.32. The van der Waals surface area contributed by atoms with Gasteiger partial charge in [-0.05, 0) is 69.7 Å². The highest BCUT2D eigenvalue weighted by atomic mass is 16.6. The zero-order valence-corrected chi connectivity index (χ0v) is 16.4. The van der Waals surface area contributed by atoms with Gasteiger partial charge in [0.25, 0.3) is 5.91 Å². The average molecular weight is 373 g/mol. The van der Waals surface area contributed by atoms with E-state index in [0.717, 1.165) is 28.9 Å². The number of methoxy groups -OCH3 is 1. The first-order valence-electron chi connectivity index (χ1n) is 9.37. The van der Waals surface area contributed by atoms with E-state index in [9.17, 15) is 9.59 Å². The van der Waals surface area contributed by atoms with Crippen LogP contribution in [0.1, 0.15) is 52.0 Å². The zero-order valence-electron chi connectivity index (χ0n) is 16.4. The van der Waals surface area contributed by atoms with Crippen molar-refractivity contribution < 1.29 is 23.8 Å². The van der Waals surface area contributed by atoms with Gasteiger partial charge in [0, 0.05) is 6.08 Å². The summed E-state index contributed by atoms with van der Waals surface area (Å²) in [6.45, 7) is 5.50. The van der Waals surface area contributed by atoms with E-state index in [1.165, 1.54) is 18.9 Å². The molecule has 27 heavy (non-hydrogen) atoms. The van der Waals surface area contributed by atoms with Crippen LogP contribution in [-0.2, 0) is 9.53 Å². The number of rotatable bonds is 4. The number of hydrogen-bond acceptors (Lipinski definition) is 5. The molecule has 1 fully saturated rings. The minimum absolute atomic E-state index is 0.183. The van der Waals surface area contributed by atoms with E-state index < -0.39 is 11.7 Å². The molecule has 146 valence electrons. The van der Waals surface area contributed by atoms with Crippen LogP contribution in [0, 0.1) is 0 Å². The van der Waals surface area contributed by atoms with Crippen LogP contribution in [0.15, 0.2) is 24.3 Å². The number of carbonyl (C=O) groups is 2. The summed E-state index contributed by atoms with van der Waals surface area (Å²) in [5.74, 6) is 0.971. The molecule has 2 aliphatic rings. The number of benzene rings is 1. The number of carbonyl (C=O) groups excluding carboxylic acids is 2. The standard InChI is InChI=1S/C21H27NO5/c1-21(2,3)27-20(24)22-13-15(12-19(22)23)14-9-10-17(25-4)18(11-14)26-16-7-5-6-8-16/h9-12,16H,5-8,13H2,1-4H3. The molecule has 6 heteroatoms. The van der Waals surface area contributed by atoms with Gasteiger partial charge in [0.15, 0.2) is 11.5 Å². The molecule has 0 spiro atoms. The first kappa shape index (κ1) is 19.3. The van der Waals surface area contributed by atoms with E-state index in [2.05, 4.69) is 0 Å². The second-order valence-electron chi connectivity index (χ2n) is 7.96. The van der Waals surface area contributed by atoms with Gasteiger partial charge in [0.05, 0.1) is 19.8 Å². The van der Waals surface area contributed by atoms with Crippen LogP contribution in [0.25, 0.3) is 5.57 Å². The van der Waals surface area contributed by atoms with Gasteiger partial charge < -0.3 is 14.2 Å². The number of ether oxygens (including phenoxy) is 3. The summed E-state index contributed by atoms with van der Waals surface area (Å²) in [5, 5.41) is 0. The minimum Gasteiger partial charge on any atom is -0.493 e. The van der Waals surface area contributed by atoms with E-state index in [1.54, 1.807) is 27.9 Å². The fraction of sp³-hybridized carbons (Fsp3) is 0.524. The first-order chi connectivity index (χ1) is 12.8. The van der Waals surface area contributed by atoms with Gasteiger partial charge in [-0.15, -0.1) is 0 Å². The molecule has 1 aliphatic heterocycles. The van der Waals surface area contributed by atoms with Crippen LogP contribution in [0.5, 0.6) is 11.5 Å². The van der Waals surface area contributed by atoms with Crippen molar-refractivity contribution in [3.05, 3.63) is 29.8 Å². The van der Waals surface area contributed by atoms with Crippen LogP contribution in [-0.4, -0.2) is 42.3 Å². The average Bonchev–Trinajstić information content (AvgIpc) is 3.23. The SMILES string of the molecule is COc1ccc(C2=CC(=O)N(C(=O)OC(C)(C)C)C2)cc1OC1CCCC1. The van der Waals surface area contributed by atoms with Gasteiger partial charge in [-0.25, -0.2) is 9.69 Å². The molecule has 3 rings (SSSR count). The molecule has 0 radical (unpaired) electrons. The molecule has 0 aromatic heterocycles. The van der Waals surface area contributed by atoms with Crippen molar-refractivity contribution in [2.75, 3.05) is 13.7 Å². The predicted octanol–water partition coefficient (Wildman–Crippen LogP) is 4.18. The van der Waals surface area contributed by atoms with Crippen LogP contribution < -0.4 is 9.47 Å².